The number of carboxylic acids is 1. The van der Waals surface area contributed by atoms with E-state index in [1.54, 1.807) is 0 Å². The second-order valence-corrected chi connectivity index (χ2v) is 7.17. The van der Waals surface area contributed by atoms with E-state index in [0.29, 0.717) is 5.13 Å². The quantitative estimate of drug-likeness (QED) is 0.791. The predicted octanol–water partition coefficient (Wildman–Crippen LogP) is 1.46. The van der Waals surface area contributed by atoms with Gasteiger partial charge < -0.3 is 10.1 Å². The molecule has 0 aliphatic heterocycles. The van der Waals surface area contributed by atoms with E-state index in [2.05, 4.69) is 14.7 Å². The van der Waals surface area contributed by atoms with Gasteiger partial charge in [0.15, 0.2) is 5.13 Å². The Labute approximate surface area is 118 Å². The summed E-state index contributed by atoms with van der Waals surface area (Å²) in [7, 11) is -3.81. The van der Waals surface area contributed by atoms with Crippen LogP contribution in [0.4, 0.5) is 5.13 Å². The van der Waals surface area contributed by atoms with E-state index in [-0.39, 0.29) is 10.6 Å². The fourth-order valence-corrected chi connectivity index (χ4v) is 4.34. The molecule has 3 rings (SSSR count). The molecule has 2 aromatic heterocycles. The molecule has 2 aromatic rings. The van der Waals surface area contributed by atoms with Crippen molar-refractivity contribution in [2.75, 3.05) is 4.72 Å². The minimum Gasteiger partial charge on any atom is -0.477 e. The molecule has 2 heterocycles. The number of fused-ring (bicyclic) bond motifs is 1. The van der Waals surface area contributed by atoms with Crippen LogP contribution in [0.15, 0.2) is 17.2 Å². The van der Waals surface area contributed by atoms with Gasteiger partial charge in [-0.15, -0.1) is 11.3 Å². The number of sulfonamides is 1. The van der Waals surface area contributed by atoms with Crippen molar-refractivity contribution in [1.29, 1.82) is 0 Å². The molecule has 20 heavy (non-hydrogen) atoms. The normalized spacial score (nSPS) is 14.2. The largest absolute Gasteiger partial charge is 0.477 e. The van der Waals surface area contributed by atoms with Gasteiger partial charge >= 0.3 is 5.97 Å². The zero-order chi connectivity index (χ0) is 14.3. The number of aromatic carboxylic acids is 1. The molecule has 0 fully saturated rings. The summed E-state index contributed by atoms with van der Waals surface area (Å²) in [5, 5.41) is 9.10. The molecule has 0 amide bonds. The van der Waals surface area contributed by atoms with E-state index in [0.717, 1.165) is 42.1 Å². The topological polar surface area (TPSA) is 112 Å². The molecule has 0 bridgehead atoms. The lowest BCUT2D eigenvalue weighted by Gasteiger charge is -2.02. The van der Waals surface area contributed by atoms with Gasteiger partial charge in [0.2, 0.25) is 0 Å². The third-order valence-corrected chi connectivity index (χ3v) is 5.54. The summed E-state index contributed by atoms with van der Waals surface area (Å²) in [5.74, 6) is -1.21. The molecule has 0 saturated carbocycles. The summed E-state index contributed by atoms with van der Waals surface area (Å²) < 4.78 is 26.6. The van der Waals surface area contributed by atoms with E-state index in [9.17, 15) is 13.2 Å². The van der Waals surface area contributed by atoms with Gasteiger partial charge in [0.25, 0.3) is 10.0 Å². The van der Waals surface area contributed by atoms with E-state index >= 15 is 0 Å². The molecule has 0 saturated heterocycles. The lowest BCUT2D eigenvalue weighted by Crippen LogP contribution is -2.12. The smallest absolute Gasteiger partial charge is 0.352 e. The number of H-pyrrole nitrogens is 1. The first kappa shape index (κ1) is 13.1. The molecule has 106 valence electrons. The van der Waals surface area contributed by atoms with Gasteiger partial charge in [-0.05, 0) is 25.3 Å². The molecule has 0 radical (unpaired) electrons. The number of nitrogens with one attached hydrogen (secondary N) is 2. The van der Waals surface area contributed by atoms with E-state index in [1.807, 2.05) is 0 Å². The number of nitrogens with zero attached hydrogens (tertiary/aromatic N) is 1. The van der Waals surface area contributed by atoms with Gasteiger partial charge in [0, 0.05) is 11.1 Å². The standard InChI is InChI=1S/C11H11N3O4S2/c15-10(16)8-4-6(5-12-8)20(17,18)14-11-13-7-2-1-3-9(7)19-11/h4-5,12H,1-3H2,(H,13,14)(H,15,16). The van der Waals surface area contributed by atoms with E-state index in [4.69, 9.17) is 5.11 Å². The molecule has 9 heteroatoms. The second kappa shape index (κ2) is 4.60. The molecule has 0 unspecified atom stereocenters. The summed E-state index contributed by atoms with van der Waals surface area (Å²) in [6.07, 6.45) is 4.01. The Bertz CT molecular complexity index is 754. The summed E-state index contributed by atoms with van der Waals surface area (Å²) in [6.45, 7) is 0. The van der Waals surface area contributed by atoms with E-state index < -0.39 is 16.0 Å². The number of aromatic amines is 1. The van der Waals surface area contributed by atoms with Crippen LogP contribution in [0.3, 0.4) is 0 Å². The molecule has 1 aliphatic rings. The monoisotopic (exact) mass is 313 g/mol. The fraction of sp³-hybridized carbons (Fsp3) is 0.273. The number of hydrogen-bond acceptors (Lipinski definition) is 5. The van der Waals surface area contributed by atoms with Gasteiger partial charge in [0.05, 0.1) is 5.69 Å². The Morgan fingerprint density at radius 2 is 2.25 bits per heavy atom. The Balaban J connectivity index is 1.85. The number of rotatable bonds is 4. The maximum atomic E-state index is 12.1. The van der Waals surface area contributed by atoms with Crippen molar-refractivity contribution >= 4 is 32.5 Å². The highest BCUT2D eigenvalue weighted by molar-refractivity contribution is 7.93. The summed E-state index contributed by atoms with van der Waals surface area (Å²) in [4.78, 5) is 18.4. The molecule has 1 aliphatic carbocycles. The number of carboxylic acid groups (broad SMARTS) is 1. The first-order chi connectivity index (χ1) is 9.45. The highest BCUT2D eigenvalue weighted by atomic mass is 32.2. The van der Waals surface area contributed by atoms with Crippen molar-refractivity contribution in [3.63, 3.8) is 0 Å². The lowest BCUT2D eigenvalue weighted by molar-refractivity contribution is 0.0691. The van der Waals surface area contributed by atoms with Gasteiger partial charge in [-0.2, -0.15) is 0 Å². The molecule has 0 spiro atoms. The van der Waals surface area contributed by atoms with Crippen LogP contribution in [0.2, 0.25) is 0 Å². The van der Waals surface area contributed by atoms with Crippen LogP contribution >= 0.6 is 11.3 Å². The van der Waals surface area contributed by atoms with Crippen molar-refractivity contribution in [3.8, 4) is 0 Å². The Morgan fingerprint density at radius 1 is 1.45 bits per heavy atom. The highest BCUT2D eigenvalue weighted by Crippen LogP contribution is 2.31. The Kier molecular flexibility index (Phi) is 3.02. The van der Waals surface area contributed by atoms with Crippen molar-refractivity contribution in [3.05, 3.63) is 28.5 Å². The maximum Gasteiger partial charge on any atom is 0.352 e. The molecule has 7 nitrogen and oxygen atoms in total. The van der Waals surface area contributed by atoms with Gasteiger partial charge in [-0.3, -0.25) is 4.72 Å². The Morgan fingerprint density at radius 3 is 2.90 bits per heavy atom. The van der Waals surface area contributed by atoms with Crippen LogP contribution in [-0.4, -0.2) is 29.5 Å². The maximum absolute atomic E-state index is 12.1. The minimum atomic E-state index is -3.81. The molecule has 3 N–H and O–H groups in total. The summed E-state index contributed by atoms with van der Waals surface area (Å²) >= 11 is 1.33. The SMILES string of the molecule is O=C(O)c1cc(S(=O)(=O)Nc2nc3c(s2)CCC3)c[nH]1. The van der Waals surface area contributed by atoms with Crippen molar-refractivity contribution in [1.82, 2.24) is 9.97 Å². The van der Waals surface area contributed by atoms with Gasteiger partial charge in [-0.1, -0.05) is 0 Å². The van der Waals surface area contributed by atoms with Crippen LogP contribution in [0.1, 0.15) is 27.5 Å². The molecular formula is C11H11N3O4S2. The zero-order valence-corrected chi connectivity index (χ0v) is 11.8. The summed E-state index contributed by atoms with van der Waals surface area (Å²) in [5.41, 5.74) is 0.778. The predicted molar refractivity (Wildman–Crippen MR) is 72.7 cm³/mol. The second-order valence-electron chi connectivity index (χ2n) is 4.40. The lowest BCUT2D eigenvalue weighted by atomic mass is 10.4. The number of thiazole rings is 1. The van der Waals surface area contributed by atoms with E-state index in [1.165, 1.54) is 11.3 Å². The van der Waals surface area contributed by atoms with Crippen LogP contribution in [-0.2, 0) is 22.9 Å². The first-order valence-corrected chi connectivity index (χ1v) is 8.19. The number of aromatic nitrogens is 2. The van der Waals surface area contributed by atoms with Gasteiger partial charge in [0.1, 0.15) is 10.6 Å². The molecular weight excluding hydrogens is 302 g/mol. The number of carbonyl (C=O) groups is 1. The third kappa shape index (κ3) is 2.29. The molecule has 0 atom stereocenters. The van der Waals surface area contributed by atoms with Crippen LogP contribution in [0, 0.1) is 0 Å². The van der Waals surface area contributed by atoms with Gasteiger partial charge in [-0.25, -0.2) is 18.2 Å². The van der Waals surface area contributed by atoms with Crippen LogP contribution in [0.25, 0.3) is 0 Å². The number of aryl methyl sites for hydroxylation is 2. The average Bonchev–Trinajstić information content (AvgIpc) is 3.01. The van der Waals surface area contributed by atoms with Crippen LogP contribution < -0.4 is 4.72 Å². The van der Waals surface area contributed by atoms with Crippen molar-refractivity contribution < 1.29 is 18.3 Å². The van der Waals surface area contributed by atoms with Crippen molar-refractivity contribution in [2.24, 2.45) is 0 Å². The highest BCUT2D eigenvalue weighted by Gasteiger charge is 2.22. The van der Waals surface area contributed by atoms with Crippen molar-refractivity contribution in [2.45, 2.75) is 24.2 Å². The third-order valence-electron chi connectivity index (χ3n) is 3.01. The fourth-order valence-electron chi connectivity index (χ4n) is 2.06. The minimum absolute atomic E-state index is 0.120. The zero-order valence-electron chi connectivity index (χ0n) is 10.2. The average molecular weight is 313 g/mol. The number of hydrogen-bond donors (Lipinski definition) is 3. The summed E-state index contributed by atoms with van der Waals surface area (Å²) in [6, 6.07) is 1.08. The first-order valence-electron chi connectivity index (χ1n) is 5.89. The molecule has 0 aromatic carbocycles. The number of anilines is 1. The van der Waals surface area contributed by atoms with Crippen LogP contribution in [0.5, 0.6) is 0 Å². The Hall–Kier alpha value is -1.87.